The van der Waals surface area contributed by atoms with E-state index in [1.54, 1.807) is 13.8 Å². The van der Waals surface area contributed by atoms with Crippen LogP contribution in [-0.2, 0) is 26.5 Å². The van der Waals surface area contributed by atoms with E-state index in [4.69, 9.17) is 20.2 Å². The molecule has 35 heavy (non-hydrogen) atoms. The molecule has 2 atom stereocenters. The molecule has 5 rings (SSSR count). The fourth-order valence-corrected chi connectivity index (χ4v) is 4.51. The Kier molecular flexibility index (Phi) is 9.09. The summed E-state index contributed by atoms with van der Waals surface area (Å²) in [6.07, 6.45) is 2.61. The summed E-state index contributed by atoms with van der Waals surface area (Å²) in [6.45, 7) is 7.72. The molecule has 0 spiro atoms. The van der Waals surface area contributed by atoms with Gasteiger partial charge in [0.1, 0.15) is 0 Å². The Morgan fingerprint density at radius 3 is 2.23 bits per heavy atom. The fraction of sp³-hybridized carbons (Fsp3) is 0.267. The first-order valence-corrected chi connectivity index (χ1v) is 11.8. The summed E-state index contributed by atoms with van der Waals surface area (Å²) in [5, 5.41) is 21.8. The Labute approximate surface area is 220 Å². The van der Waals surface area contributed by atoms with Gasteiger partial charge in [0.2, 0.25) is 0 Å². The molecule has 2 N–H and O–H groups in total. The Bertz CT molecular complexity index is 1430. The van der Waals surface area contributed by atoms with Gasteiger partial charge >= 0.3 is 0 Å². The molecule has 0 aliphatic carbocycles. The van der Waals surface area contributed by atoms with Crippen LogP contribution in [0.15, 0.2) is 66.9 Å². The zero-order valence-corrected chi connectivity index (χ0v) is 22.9. The van der Waals surface area contributed by atoms with Crippen molar-refractivity contribution in [1.29, 1.82) is 0 Å². The molecule has 2 unspecified atom stereocenters. The van der Waals surface area contributed by atoms with Gasteiger partial charge in [0, 0.05) is 37.4 Å². The van der Waals surface area contributed by atoms with Gasteiger partial charge in [-0.2, -0.15) is 0 Å². The number of rotatable bonds is 4. The van der Waals surface area contributed by atoms with E-state index in [1.807, 2.05) is 36.5 Å². The summed E-state index contributed by atoms with van der Waals surface area (Å²) in [5.41, 5.74) is 6.53. The van der Waals surface area contributed by atoms with Gasteiger partial charge in [-0.3, -0.25) is 4.98 Å². The molecule has 0 saturated heterocycles. The topological polar surface area (TPSA) is 66.2 Å². The van der Waals surface area contributed by atoms with Crippen molar-refractivity contribution in [3.8, 4) is 11.3 Å². The van der Waals surface area contributed by atoms with E-state index >= 15 is 0 Å². The predicted octanol–water partition coefficient (Wildman–Crippen LogP) is 6.41. The predicted molar refractivity (Wildman–Crippen MR) is 141 cm³/mol. The van der Waals surface area contributed by atoms with Crippen LogP contribution in [0.5, 0.6) is 0 Å². The average Bonchev–Trinajstić information content (AvgIpc) is 2.84. The summed E-state index contributed by atoms with van der Waals surface area (Å²) in [5.74, 6) is 0. The van der Waals surface area contributed by atoms with E-state index in [1.165, 1.54) is 27.3 Å². The molecule has 0 aliphatic heterocycles. The maximum absolute atomic E-state index is 8.56. The Balaban J connectivity index is 0.000000378. The molecule has 0 aliphatic rings. The fourth-order valence-electron chi connectivity index (χ4n) is 4.51. The second kappa shape index (κ2) is 11.8. The summed E-state index contributed by atoms with van der Waals surface area (Å²) in [4.78, 5) is 9.92. The van der Waals surface area contributed by atoms with Crippen molar-refractivity contribution in [2.24, 2.45) is 0 Å². The normalized spacial score (nSPS) is 12.6. The van der Waals surface area contributed by atoms with Crippen LogP contribution in [0, 0.1) is 13.0 Å². The van der Waals surface area contributed by atoms with Crippen molar-refractivity contribution in [1.82, 2.24) is 9.97 Å². The molecular formula is C30H31IrN2O2-. The van der Waals surface area contributed by atoms with Crippen LogP contribution in [0.4, 0.5) is 0 Å². The molecule has 1 aromatic heterocycles. The van der Waals surface area contributed by atoms with E-state index in [-0.39, 0.29) is 32.3 Å². The molecule has 5 heteroatoms. The third-order valence-electron chi connectivity index (χ3n) is 6.10. The van der Waals surface area contributed by atoms with Gasteiger partial charge < -0.3 is 15.2 Å². The standard InChI is InChI=1S/C25H19N2.C5H12O2.Ir/c1-3-17-13-14-20-19-11-7-8-12-21(19)24-25(23(20)16(17)2)27-22(15-26-24)18-9-5-4-6-10-18;1-4(6)3-5(2)7;/h4-11,13-15H,3H2,1-2H3;4-7H,3H2,1-2H3;/q-1;;. The second-order valence-corrected chi connectivity index (χ2v) is 8.84. The summed E-state index contributed by atoms with van der Waals surface area (Å²) in [7, 11) is 0. The van der Waals surface area contributed by atoms with Crippen molar-refractivity contribution < 1.29 is 30.3 Å². The molecule has 183 valence electrons. The van der Waals surface area contributed by atoms with Crippen molar-refractivity contribution in [3.63, 3.8) is 0 Å². The van der Waals surface area contributed by atoms with Crippen LogP contribution < -0.4 is 0 Å². The van der Waals surface area contributed by atoms with Crippen molar-refractivity contribution >= 4 is 32.6 Å². The van der Waals surface area contributed by atoms with E-state index < -0.39 is 0 Å². The first-order chi connectivity index (χ1) is 16.4. The van der Waals surface area contributed by atoms with Crippen LogP contribution in [-0.4, -0.2) is 32.4 Å². The van der Waals surface area contributed by atoms with E-state index in [0.717, 1.165) is 34.1 Å². The van der Waals surface area contributed by atoms with Gasteiger partial charge in [-0.25, -0.2) is 0 Å². The van der Waals surface area contributed by atoms with Crippen LogP contribution in [0.2, 0.25) is 0 Å². The first kappa shape index (κ1) is 26.9. The zero-order chi connectivity index (χ0) is 24.2. The molecule has 4 nitrogen and oxygen atoms in total. The minimum absolute atomic E-state index is 0. The van der Waals surface area contributed by atoms with Crippen LogP contribution >= 0.6 is 0 Å². The van der Waals surface area contributed by atoms with Gasteiger partial charge in [0.25, 0.3) is 0 Å². The quantitative estimate of drug-likeness (QED) is 0.176. The number of nitrogens with zero attached hydrogens (tertiary/aromatic N) is 2. The van der Waals surface area contributed by atoms with E-state index in [2.05, 4.69) is 50.2 Å². The molecule has 5 aromatic rings. The average molecular weight is 644 g/mol. The molecule has 0 fully saturated rings. The number of aliphatic hydroxyl groups excluding tert-OH is 2. The van der Waals surface area contributed by atoms with Gasteiger partial charge in [-0.15, -0.1) is 29.7 Å². The molecule has 0 saturated carbocycles. The van der Waals surface area contributed by atoms with Crippen molar-refractivity contribution in [2.45, 2.75) is 52.7 Å². The minimum Gasteiger partial charge on any atom is -0.393 e. The van der Waals surface area contributed by atoms with Crippen LogP contribution in [0.25, 0.3) is 43.8 Å². The summed E-state index contributed by atoms with van der Waals surface area (Å²) < 4.78 is 0. The van der Waals surface area contributed by atoms with Gasteiger partial charge in [-0.1, -0.05) is 60.2 Å². The number of fused-ring (bicyclic) bond motifs is 6. The maximum Gasteiger partial charge on any atom is 0.0873 e. The van der Waals surface area contributed by atoms with Gasteiger partial charge in [-0.05, 0) is 50.1 Å². The third kappa shape index (κ3) is 5.76. The number of aromatic nitrogens is 2. The minimum atomic E-state index is -0.375. The number of hydrogen-bond acceptors (Lipinski definition) is 4. The van der Waals surface area contributed by atoms with E-state index in [0.29, 0.717) is 6.42 Å². The first-order valence-electron chi connectivity index (χ1n) is 11.8. The van der Waals surface area contributed by atoms with Gasteiger partial charge in [0.15, 0.2) is 0 Å². The smallest absolute Gasteiger partial charge is 0.0873 e. The monoisotopic (exact) mass is 644 g/mol. The van der Waals surface area contributed by atoms with Gasteiger partial charge in [0.05, 0.1) is 23.4 Å². The number of benzene rings is 4. The molecule has 1 radical (unpaired) electrons. The molecule has 1 heterocycles. The van der Waals surface area contributed by atoms with Crippen LogP contribution in [0.1, 0.15) is 38.3 Å². The SMILES string of the molecule is CC(O)CC(C)O.CCc1ccc2c3ccc[c-]c3c3ncc(-c4ccccc4)nc3c2c1C.[Ir]. The number of aryl methyl sites for hydroxylation is 2. The maximum atomic E-state index is 8.56. The Hall–Kier alpha value is -2.69. The summed E-state index contributed by atoms with van der Waals surface area (Å²) in [6, 6.07) is 24.3. The molecule has 0 bridgehead atoms. The largest absolute Gasteiger partial charge is 0.393 e. The Morgan fingerprint density at radius 2 is 1.60 bits per heavy atom. The molecule has 0 amide bonds. The number of aliphatic hydroxyl groups is 2. The van der Waals surface area contributed by atoms with Crippen molar-refractivity contribution in [2.75, 3.05) is 0 Å². The zero-order valence-electron chi connectivity index (χ0n) is 20.5. The van der Waals surface area contributed by atoms with E-state index in [9.17, 15) is 0 Å². The number of hydrogen-bond donors (Lipinski definition) is 2. The molecule has 4 aromatic carbocycles. The third-order valence-corrected chi connectivity index (χ3v) is 6.10. The molecular weight excluding hydrogens is 613 g/mol. The second-order valence-electron chi connectivity index (χ2n) is 8.84. The summed E-state index contributed by atoms with van der Waals surface area (Å²) >= 11 is 0. The van der Waals surface area contributed by atoms with Crippen molar-refractivity contribution in [3.05, 3.63) is 84.1 Å². The Morgan fingerprint density at radius 1 is 0.886 bits per heavy atom. The van der Waals surface area contributed by atoms with Crippen LogP contribution in [0.3, 0.4) is 0 Å².